The molecule has 0 aliphatic heterocycles. The van der Waals surface area contributed by atoms with Crippen molar-refractivity contribution in [2.24, 2.45) is 0 Å². The van der Waals surface area contributed by atoms with Gasteiger partial charge in [-0.2, -0.15) is 0 Å². The van der Waals surface area contributed by atoms with Gasteiger partial charge in [0.1, 0.15) is 0 Å². The minimum atomic E-state index is -0.0288. The molecule has 0 saturated heterocycles. The van der Waals surface area contributed by atoms with E-state index in [1.54, 1.807) is 0 Å². The Morgan fingerprint density at radius 1 is 1.19 bits per heavy atom. The molecule has 0 bridgehead atoms. The minimum absolute atomic E-state index is 0.0288. The van der Waals surface area contributed by atoms with Crippen molar-refractivity contribution >= 4 is 50.9 Å². The zero-order valence-electron chi connectivity index (χ0n) is 11.7. The van der Waals surface area contributed by atoms with Crippen molar-refractivity contribution in [1.82, 2.24) is 0 Å². The molecule has 0 fully saturated rings. The molecule has 21 heavy (non-hydrogen) atoms. The van der Waals surface area contributed by atoms with Crippen LogP contribution in [-0.4, -0.2) is 11.7 Å². The van der Waals surface area contributed by atoms with Gasteiger partial charge in [-0.1, -0.05) is 11.6 Å². The standard InChI is InChI=1S/C16H15BrClNOS/c1-10-7-14(17)15(8-11(10)2)19-16(20)9-21-13-5-3-12(18)4-6-13/h3-8H,9H2,1-2H3,(H,19,20). The van der Waals surface area contributed by atoms with Crippen LogP contribution in [0.3, 0.4) is 0 Å². The highest BCUT2D eigenvalue weighted by Crippen LogP contribution is 2.27. The van der Waals surface area contributed by atoms with Crippen LogP contribution in [0.4, 0.5) is 5.69 Å². The van der Waals surface area contributed by atoms with E-state index in [1.807, 2.05) is 50.2 Å². The zero-order valence-corrected chi connectivity index (χ0v) is 14.9. The van der Waals surface area contributed by atoms with Crippen LogP contribution in [-0.2, 0) is 4.79 Å². The monoisotopic (exact) mass is 383 g/mol. The Balaban J connectivity index is 1.96. The topological polar surface area (TPSA) is 29.1 Å². The molecule has 0 saturated carbocycles. The molecule has 0 heterocycles. The maximum atomic E-state index is 12.0. The predicted octanol–water partition coefficient (Wildman–Crippen LogP) is 5.45. The van der Waals surface area contributed by atoms with Gasteiger partial charge in [-0.15, -0.1) is 11.8 Å². The highest BCUT2D eigenvalue weighted by Gasteiger charge is 2.08. The number of benzene rings is 2. The lowest BCUT2D eigenvalue weighted by Gasteiger charge is -2.10. The first-order valence-electron chi connectivity index (χ1n) is 6.40. The fourth-order valence-corrected chi connectivity index (χ4v) is 3.12. The minimum Gasteiger partial charge on any atom is -0.324 e. The summed E-state index contributed by atoms with van der Waals surface area (Å²) in [6, 6.07) is 11.4. The largest absolute Gasteiger partial charge is 0.324 e. The van der Waals surface area contributed by atoms with Gasteiger partial charge in [-0.05, 0) is 77.3 Å². The third-order valence-electron chi connectivity index (χ3n) is 3.04. The molecule has 0 aliphatic carbocycles. The fraction of sp³-hybridized carbons (Fsp3) is 0.188. The van der Waals surface area contributed by atoms with Crippen molar-refractivity contribution in [3.8, 4) is 0 Å². The molecule has 0 aromatic heterocycles. The second kappa shape index (κ2) is 7.34. The molecule has 110 valence electrons. The molecule has 2 nitrogen and oxygen atoms in total. The Labute approximate surface area is 142 Å². The van der Waals surface area contributed by atoms with Crippen LogP contribution >= 0.6 is 39.3 Å². The van der Waals surface area contributed by atoms with Crippen molar-refractivity contribution in [3.05, 3.63) is 57.0 Å². The maximum absolute atomic E-state index is 12.0. The van der Waals surface area contributed by atoms with Crippen molar-refractivity contribution in [2.75, 3.05) is 11.1 Å². The van der Waals surface area contributed by atoms with E-state index in [2.05, 4.69) is 21.2 Å². The lowest BCUT2D eigenvalue weighted by atomic mass is 10.1. The van der Waals surface area contributed by atoms with E-state index in [0.29, 0.717) is 10.8 Å². The first-order valence-corrected chi connectivity index (χ1v) is 8.56. The van der Waals surface area contributed by atoms with Crippen LogP contribution in [0.1, 0.15) is 11.1 Å². The quantitative estimate of drug-likeness (QED) is 0.710. The van der Waals surface area contributed by atoms with Crippen LogP contribution in [0.15, 0.2) is 45.8 Å². The molecule has 1 N–H and O–H groups in total. The van der Waals surface area contributed by atoms with Crippen molar-refractivity contribution in [2.45, 2.75) is 18.7 Å². The number of carbonyl (C=O) groups excluding carboxylic acids is 1. The summed E-state index contributed by atoms with van der Waals surface area (Å²) in [5.74, 6) is 0.333. The van der Waals surface area contributed by atoms with Gasteiger partial charge in [0.2, 0.25) is 5.91 Å². The Morgan fingerprint density at radius 2 is 1.81 bits per heavy atom. The maximum Gasteiger partial charge on any atom is 0.234 e. The van der Waals surface area contributed by atoms with Gasteiger partial charge in [0, 0.05) is 14.4 Å². The van der Waals surface area contributed by atoms with Crippen molar-refractivity contribution in [1.29, 1.82) is 0 Å². The number of halogens is 2. The highest BCUT2D eigenvalue weighted by atomic mass is 79.9. The third kappa shape index (κ3) is 4.77. The normalized spacial score (nSPS) is 10.5. The molecule has 0 unspecified atom stereocenters. The summed E-state index contributed by atoms with van der Waals surface area (Å²) >= 11 is 10.8. The van der Waals surface area contributed by atoms with E-state index in [1.165, 1.54) is 17.3 Å². The summed E-state index contributed by atoms with van der Waals surface area (Å²) < 4.78 is 0.899. The van der Waals surface area contributed by atoms with Crippen LogP contribution in [0.5, 0.6) is 0 Å². The molecular weight excluding hydrogens is 370 g/mol. The molecule has 0 spiro atoms. The number of thioether (sulfide) groups is 1. The summed E-state index contributed by atoms with van der Waals surface area (Å²) in [6.45, 7) is 4.07. The van der Waals surface area contributed by atoms with Gasteiger partial charge in [-0.3, -0.25) is 4.79 Å². The van der Waals surface area contributed by atoms with Crippen molar-refractivity contribution in [3.63, 3.8) is 0 Å². The average molecular weight is 385 g/mol. The van der Waals surface area contributed by atoms with Crippen molar-refractivity contribution < 1.29 is 4.79 Å². The molecule has 2 aromatic carbocycles. The predicted molar refractivity (Wildman–Crippen MR) is 94.4 cm³/mol. The number of aryl methyl sites for hydroxylation is 2. The van der Waals surface area contributed by atoms with Crippen LogP contribution in [0.2, 0.25) is 5.02 Å². The number of hydrogen-bond donors (Lipinski definition) is 1. The van der Waals surface area contributed by atoms with Gasteiger partial charge in [0.05, 0.1) is 11.4 Å². The van der Waals surface area contributed by atoms with Gasteiger partial charge < -0.3 is 5.32 Å². The lowest BCUT2D eigenvalue weighted by Crippen LogP contribution is -2.14. The van der Waals surface area contributed by atoms with E-state index in [4.69, 9.17) is 11.6 Å². The molecule has 0 radical (unpaired) electrons. The molecule has 1 amide bonds. The van der Waals surface area contributed by atoms with Gasteiger partial charge in [0.25, 0.3) is 0 Å². The molecule has 2 rings (SSSR count). The summed E-state index contributed by atoms with van der Waals surface area (Å²) in [7, 11) is 0. The van der Waals surface area contributed by atoms with Gasteiger partial charge in [-0.25, -0.2) is 0 Å². The second-order valence-electron chi connectivity index (χ2n) is 4.71. The third-order valence-corrected chi connectivity index (χ3v) is 4.96. The highest BCUT2D eigenvalue weighted by molar-refractivity contribution is 9.10. The Bertz CT molecular complexity index is 658. The fourth-order valence-electron chi connectivity index (χ4n) is 1.74. The Morgan fingerprint density at radius 3 is 2.48 bits per heavy atom. The summed E-state index contributed by atoms with van der Waals surface area (Å²) in [6.07, 6.45) is 0. The molecule has 2 aromatic rings. The zero-order chi connectivity index (χ0) is 15.4. The smallest absolute Gasteiger partial charge is 0.234 e. The number of rotatable bonds is 4. The van der Waals surface area contributed by atoms with Crippen LogP contribution < -0.4 is 5.32 Å². The van der Waals surface area contributed by atoms with Gasteiger partial charge >= 0.3 is 0 Å². The molecule has 5 heteroatoms. The summed E-state index contributed by atoms with van der Waals surface area (Å²) in [4.78, 5) is 13.0. The van der Waals surface area contributed by atoms with E-state index < -0.39 is 0 Å². The van der Waals surface area contributed by atoms with E-state index in [-0.39, 0.29) is 5.91 Å². The first-order chi connectivity index (χ1) is 9.95. The number of carbonyl (C=O) groups is 1. The first kappa shape index (κ1) is 16.4. The lowest BCUT2D eigenvalue weighted by molar-refractivity contribution is -0.113. The Kier molecular flexibility index (Phi) is 5.73. The van der Waals surface area contributed by atoms with E-state index in [0.717, 1.165) is 20.6 Å². The summed E-state index contributed by atoms with van der Waals surface area (Å²) in [5.41, 5.74) is 3.15. The van der Waals surface area contributed by atoms with E-state index in [9.17, 15) is 4.79 Å². The number of nitrogens with one attached hydrogen (secondary N) is 1. The molecule has 0 atom stereocenters. The van der Waals surface area contributed by atoms with Gasteiger partial charge in [0.15, 0.2) is 0 Å². The SMILES string of the molecule is Cc1cc(Br)c(NC(=O)CSc2ccc(Cl)cc2)cc1C. The Hall–Kier alpha value is -0.970. The van der Waals surface area contributed by atoms with E-state index >= 15 is 0 Å². The number of amides is 1. The second-order valence-corrected chi connectivity index (χ2v) is 7.05. The molecule has 0 aliphatic rings. The average Bonchev–Trinajstić information content (AvgIpc) is 2.44. The summed E-state index contributed by atoms with van der Waals surface area (Å²) in [5, 5.41) is 3.62. The number of hydrogen-bond acceptors (Lipinski definition) is 2. The van der Waals surface area contributed by atoms with Crippen LogP contribution in [0.25, 0.3) is 0 Å². The van der Waals surface area contributed by atoms with Crippen LogP contribution in [0, 0.1) is 13.8 Å². The number of anilines is 1. The molecular formula is C16H15BrClNOS.